The Balaban J connectivity index is 1.34. The normalized spacial score (nSPS) is 10.8. The van der Waals surface area contributed by atoms with Gasteiger partial charge in [0.1, 0.15) is 17.4 Å². The monoisotopic (exact) mass is 479 g/mol. The average Bonchev–Trinajstić information content (AvgIpc) is 3.25. The van der Waals surface area contributed by atoms with E-state index >= 15 is 0 Å². The zero-order chi connectivity index (χ0) is 24.0. The Morgan fingerprint density at radius 3 is 2.31 bits per heavy atom. The van der Waals surface area contributed by atoms with Gasteiger partial charge in [0, 0.05) is 11.9 Å². The molecule has 6 nitrogen and oxygen atoms in total. The number of rotatable bonds is 8. The van der Waals surface area contributed by atoms with Gasteiger partial charge >= 0.3 is 0 Å². The maximum absolute atomic E-state index is 5.88. The molecule has 0 aliphatic heterocycles. The van der Waals surface area contributed by atoms with Crippen molar-refractivity contribution < 1.29 is 4.74 Å². The van der Waals surface area contributed by atoms with Crippen molar-refractivity contribution in [1.29, 1.82) is 0 Å². The molecular formula is C28H25N5OS. The molecule has 0 radical (unpaired) electrons. The molecule has 0 saturated heterocycles. The topological polar surface area (TPSA) is 64.9 Å². The number of thioether (sulfide) groups is 1. The summed E-state index contributed by atoms with van der Waals surface area (Å²) >= 11 is 1.61. The van der Waals surface area contributed by atoms with Gasteiger partial charge in [-0.15, -0.1) is 11.8 Å². The van der Waals surface area contributed by atoms with Crippen LogP contribution in [0.5, 0.6) is 5.75 Å². The molecule has 35 heavy (non-hydrogen) atoms. The third-order valence-electron chi connectivity index (χ3n) is 5.55. The number of nitrogens with zero attached hydrogens (tertiary/aromatic N) is 4. The highest BCUT2D eigenvalue weighted by Gasteiger charge is 2.18. The number of benzene rings is 3. The molecule has 0 bridgehead atoms. The molecule has 0 aliphatic carbocycles. The summed E-state index contributed by atoms with van der Waals surface area (Å²) in [5, 5.41) is 9.05. The van der Waals surface area contributed by atoms with Gasteiger partial charge in [-0.1, -0.05) is 48.5 Å². The van der Waals surface area contributed by atoms with Gasteiger partial charge in [0.25, 0.3) is 0 Å². The fourth-order valence-electron chi connectivity index (χ4n) is 3.80. The molecule has 5 aromatic rings. The number of aromatic nitrogens is 4. The van der Waals surface area contributed by atoms with E-state index in [0.29, 0.717) is 12.6 Å². The lowest BCUT2D eigenvalue weighted by atomic mass is 10.2. The molecule has 3 aromatic carbocycles. The van der Waals surface area contributed by atoms with E-state index < -0.39 is 0 Å². The lowest BCUT2D eigenvalue weighted by molar-refractivity contribution is 0.306. The van der Waals surface area contributed by atoms with E-state index in [2.05, 4.69) is 17.2 Å². The van der Waals surface area contributed by atoms with E-state index in [1.165, 1.54) is 0 Å². The van der Waals surface area contributed by atoms with Gasteiger partial charge in [-0.2, -0.15) is 5.10 Å². The molecule has 7 heteroatoms. The highest BCUT2D eigenvalue weighted by Crippen LogP contribution is 2.33. The van der Waals surface area contributed by atoms with Crippen molar-refractivity contribution in [2.45, 2.75) is 18.6 Å². The van der Waals surface area contributed by atoms with Gasteiger partial charge in [-0.3, -0.25) is 0 Å². The molecule has 174 valence electrons. The second kappa shape index (κ2) is 10.4. The van der Waals surface area contributed by atoms with Crippen LogP contribution in [0.15, 0.2) is 102 Å². The zero-order valence-electron chi connectivity index (χ0n) is 19.6. The number of anilines is 2. The predicted molar refractivity (Wildman–Crippen MR) is 142 cm³/mol. The molecule has 0 saturated carbocycles. The minimum Gasteiger partial charge on any atom is -0.489 e. The van der Waals surface area contributed by atoms with Crippen molar-refractivity contribution in [1.82, 2.24) is 19.7 Å². The summed E-state index contributed by atoms with van der Waals surface area (Å²) < 4.78 is 7.84. The number of hydrogen-bond donors (Lipinski definition) is 1. The van der Waals surface area contributed by atoms with Crippen LogP contribution in [-0.2, 0) is 6.61 Å². The largest absolute Gasteiger partial charge is 0.489 e. The first kappa shape index (κ1) is 22.7. The van der Waals surface area contributed by atoms with Crippen LogP contribution < -0.4 is 10.1 Å². The van der Waals surface area contributed by atoms with Crippen LogP contribution >= 0.6 is 11.8 Å². The van der Waals surface area contributed by atoms with Crippen LogP contribution in [0.3, 0.4) is 0 Å². The quantitative estimate of drug-likeness (QED) is 0.250. The van der Waals surface area contributed by atoms with Crippen LogP contribution in [0.4, 0.5) is 11.6 Å². The Bertz CT molecular complexity index is 1400. The fourth-order valence-corrected chi connectivity index (χ4v) is 4.42. The van der Waals surface area contributed by atoms with Gasteiger partial charge < -0.3 is 10.1 Å². The van der Waals surface area contributed by atoms with Crippen LogP contribution in [0.25, 0.3) is 16.9 Å². The van der Waals surface area contributed by atoms with Gasteiger partial charge in [-0.25, -0.2) is 14.6 Å². The summed E-state index contributed by atoms with van der Waals surface area (Å²) in [7, 11) is 0. The van der Waals surface area contributed by atoms with Crippen molar-refractivity contribution >= 4 is 23.4 Å². The van der Waals surface area contributed by atoms with Crippen molar-refractivity contribution in [2.24, 2.45) is 0 Å². The number of ether oxygens (including phenoxy) is 1. The van der Waals surface area contributed by atoms with Crippen molar-refractivity contribution in [3.63, 3.8) is 0 Å². The highest BCUT2D eigenvalue weighted by molar-refractivity contribution is 7.98. The number of nitrogens with one attached hydrogen (secondary N) is 1. The van der Waals surface area contributed by atoms with Crippen molar-refractivity contribution in [3.8, 4) is 22.7 Å². The molecule has 1 N–H and O–H groups in total. The third kappa shape index (κ3) is 5.20. The molecule has 0 aliphatic rings. The first-order valence-corrected chi connectivity index (χ1v) is 12.5. The van der Waals surface area contributed by atoms with Gasteiger partial charge in [-0.05, 0) is 61.2 Å². The van der Waals surface area contributed by atoms with Crippen LogP contribution in [0.1, 0.15) is 11.3 Å². The second-order valence-corrected chi connectivity index (χ2v) is 8.70. The lowest BCUT2D eigenvalue weighted by Crippen LogP contribution is -2.00. The molecule has 0 atom stereocenters. The standard InChI is InChI=1S/C28H25N5OS/c1-20-26(27(35-2)32-33(20)23-11-7-4-8-12-23)25-17-18-29-28(31-25)30-22-13-15-24(16-14-22)34-19-21-9-5-3-6-10-21/h3-18H,19H2,1-2H3,(H,29,30,31). The maximum atomic E-state index is 5.88. The first-order chi connectivity index (χ1) is 17.2. The molecule has 0 amide bonds. The van der Waals surface area contributed by atoms with Crippen molar-refractivity contribution in [3.05, 3.63) is 108 Å². The minimum atomic E-state index is 0.527. The Morgan fingerprint density at radius 1 is 0.886 bits per heavy atom. The third-order valence-corrected chi connectivity index (χ3v) is 6.22. The SMILES string of the molecule is CSc1nn(-c2ccccc2)c(C)c1-c1ccnc(Nc2ccc(OCc3ccccc3)cc2)n1. The molecule has 0 unspecified atom stereocenters. The molecule has 5 rings (SSSR count). The minimum absolute atomic E-state index is 0.527. The molecule has 0 fully saturated rings. The van der Waals surface area contributed by atoms with Gasteiger partial charge in [0.05, 0.1) is 22.6 Å². The van der Waals surface area contributed by atoms with E-state index in [0.717, 1.165) is 44.7 Å². The fraction of sp³-hybridized carbons (Fsp3) is 0.107. The lowest BCUT2D eigenvalue weighted by Gasteiger charge is -2.09. The summed E-state index contributed by atoms with van der Waals surface area (Å²) in [6.45, 7) is 2.60. The van der Waals surface area contributed by atoms with Crippen LogP contribution in [-0.4, -0.2) is 26.0 Å². The van der Waals surface area contributed by atoms with Crippen LogP contribution in [0, 0.1) is 6.92 Å². The van der Waals surface area contributed by atoms with Gasteiger partial charge in [0.15, 0.2) is 0 Å². The van der Waals surface area contributed by atoms with E-state index in [1.807, 2.05) is 102 Å². The smallest absolute Gasteiger partial charge is 0.227 e. The highest BCUT2D eigenvalue weighted by atomic mass is 32.2. The molecule has 2 aromatic heterocycles. The Morgan fingerprint density at radius 2 is 1.60 bits per heavy atom. The number of para-hydroxylation sites is 1. The Hall–Kier alpha value is -4.10. The van der Waals surface area contributed by atoms with E-state index in [-0.39, 0.29) is 0 Å². The Kier molecular flexibility index (Phi) is 6.77. The summed E-state index contributed by atoms with van der Waals surface area (Å²) in [4.78, 5) is 9.21. The van der Waals surface area contributed by atoms with Crippen LogP contribution in [0.2, 0.25) is 0 Å². The second-order valence-electron chi connectivity index (χ2n) is 7.91. The predicted octanol–water partition coefficient (Wildman–Crippen LogP) is 6.68. The number of hydrogen-bond acceptors (Lipinski definition) is 6. The zero-order valence-corrected chi connectivity index (χ0v) is 20.4. The first-order valence-electron chi connectivity index (χ1n) is 11.3. The maximum Gasteiger partial charge on any atom is 0.227 e. The van der Waals surface area contributed by atoms with Gasteiger partial charge in [0.2, 0.25) is 5.95 Å². The molecule has 2 heterocycles. The van der Waals surface area contributed by atoms with E-state index in [4.69, 9.17) is 14.8 Å². The Labute approximate surface area is 209 Å². The summed E-state index contributed by atoms with van der Waals surface area (Å²) in [5.74, 6) is 1.34. The van der Waals surface area contributed by atoms with E-state index in [1.54, 1.807) is 18.0 Å². The summed E-state index contributed by atoms with van der Waals surface area (Å²) in [6.07, 6.45) is 3.80. The molecular weight excluding hydrogens is 454 g/mol. The van der Waals surface area contributed by atoms with E-state index in [9.17, 15) is 0 Å². The average molecular weight is 480 g/mol. The van der Waals surface area contributed by atoms with Crippen molar-refractivity contribution in [2.75, 3.05) is 11.6 Å². The summed E-state index contributed by atoms with van der Waals surface area (Å²) in [6, 6.07) is 30.0. The summed E-state index contributed by atoms with van der Waals surface area (Å²) in [5.41, 5.74) is 5.91. The molecule has 0 spiro atoms.